The third-order valence-corrected chi connectivity index (χ3v) is 6.69. The number of anilines is 2. The van der Waals surface area contributed by atoms with Crippen LogP contribution < -0.4 is 14.4 Å². The van der Waals surface area contributed by atoms with Gasteiger partial charge in [-0.15, -0.1) is 0 Å². The lowest BCUT2D eigenvalue weighted by molar-refractivity contribution is -0.117. The number of benzene rings is 2. The van der Waals surface area contributed by atoms with Crippen LogP contribution in [-0.4, -0.2) is 28.0 Å². The van der Waals surface area contributed by atoms with Gasteiger partial charge in [0, 0.05) is 12.5 Å². The number of methoxy groups -OCH3 is 1. The summed E-state index contributed by atoms with van der Waals surface area (Å²) in [7, 11) is -2.29. The van der Waals surface area contributed by atoms with E-state index in [1.807, 2.05) is 13.0 Å². The van der Waals surface area contributed by atoms with Gasteiger partial charge in [0.25, 0.3) is 10.0 Å². The molecule has 1 N–H and O–H groups in total. The molecule has 7 heteroatoms. The van der Waals surface area contributed by atoms with E-state index in [-0.39, 0.29) is 16.7 Å². The molecule has 0 unspecified atom stereocenters. The Balaban J connectivity index is 1.95. The Morgan fingerprint density at radius 3 is 2.44 bits per heavy atom. The van der Waals surface area contributed by atoms with Crippen molar-refractivity contribution in [3.05, 3.63) is 48.5 Å². The highest BCUT2D eigenvalue weighted by atomic mass is 32.2. The van der Waals surface area contributed by atoms with Crippen LogP contribution in [0.15, 0.2) is 53.4 Å². The number of nitrogens with one attached hydrogen (secondary N) is 1. The number of nitrogens with zero attached hydrogens (tertiary/aromatic N) is 1. The van der Waals surface area contributed by atoms with Crippen LogP contribution in [-0.2, 0) is 14.8 Å². The maximum Gasteiger partial charge on any atom is 0.264 e. The van der Waals surface area contributed by atoms with Gasteiger partial charge in [-0.1, -0.05) is 25.1 Å². The Kier molecular flexibility index (Phi) is 5.41. The Hall–Kier alpha value is -2.54. The normalized spacial score (nSPS) is 18.6. The summed E-state index contributed by atoms with van der Waals surface area (Å²) in [6, 6.07) is 13.5. The highest BCUT2D eigenvalue weighted by Crippen LogP contribution is 2.39. The summed E-state index contributed by atoms with van der Waals surface area (Å²) >= 11 is 0. The summed E-state index contributed by atoms with van der Waals surface area (Å²) in [4.78, 5) is 12.4. The SMILES string of the molecule is CCN(c1ccccc1)S(=O)(=O)c1ccc(OC)c(NC(=O)[C@@H]2C[C@@H]2C)c1. The van der Waals surface area contributed by atoms with E-state index in [9.17, 15) is 13.2 Å². The smallest absolute Gasteiger partial charge is 0.264 e. The van der Waals surface area contributed by atoms with E-state index in [4.69, 9.17) is 4.74 Å². The largest absolute Gasteiger partial charge is 0.495 e. The molecule has 2 aromatic rings. The van der Waals surface area contributed by atoms with Crippen molar-refractivity contribution < 1.29 is 17.9 Å². The first-order valence-corrected chi connectivity index (χ1v) is 10.4. The van der Waals surface area contributed by atoms with Gasteiger partial charge in [-0.3, -0.25) is 9.10 Å². The zero-order valence-electron chi connectivity index (χ0n) is 15.7. The van der Waals surface area contributed by atoms with Gasteiger partial charge < -0.3 is 10.1 Å². The average molecular weight is 388 g/mol. The maximum atomic E-state index is 13.2. The van der Waals surface area contributed by atoms with Gasteiger partial charge >= 0.3 is 0 Å². The summed E-state index contributed by atoms with van der Waals surface area (Å²) in [6.45, 7) is 4.09. The molecule has 1 saturated carbocycles. The van der Waals surface area contributed by atoms with Gasteiger partial charge in [-0.25, -0.2) is 8.42 Å². The summed E-state index contributed by atoms with van der Waals surface area (Å²) in [5.41, 5.74) is 0.958. The van der Waals surface area contributed by atoms with E-state index in [1.54, 1.807) is 37.3 Å². The van der Waals surface area contributed by atoms with E-state index < -0.39 is 10.0 Å². The molecule has 0 aromatic heterocycles. The number of carbonyl (C=O) groups excluding carboxylic acids is 1. The lowest BCUT2D eigenvalue weighted by Gasteiger charge is -2.23. The number of amides is 1. The fraction of sp³-hybridized carbons (Fsp3) is 0.350. The fourth-order valence-electron chi connectivity index (χ4n) is 3.07. The lowest BCUT2D eigenvalue weighted by atomic mass is 10.2. The van der Waals surface area contributed by atoms with E-state index in [0.717, 1.165) is 6.42 Å². The van der Waals surface area contributed by atoms with Crippen LogP contribution in [0, 0.1) is 11.8 Å². The van der Waals surface area contributed by atoms with Gasteiger partial charge in [0.05, 0.1) is 23.4 Å². The Morgan fingerprint density at radius 2 is 1.89 bits per heavy atom. The molecule has 1 fully saturated rings. The molecule has 0 radical (unpaired) electrons. The average Bonchev–Trinajstić information content (AvgIpc) is 3.40. The molecular formula is C20H24N2O4S. The fourth-order valence-corrected chi connectivity index (χ4v) is 4.57. The van der Waals surface area contributed by atoms with Crippen LogP contribution in [0.4, 0.5) is 11.4 Å². The van der Waals surface area contributed by atoms with Crippen LogP contribution in [0.2, 0.25) is 0 Å². The van der Waals surface area contributed by atoms with Gasteiger partial charge in [-0.05, 0) is 49.6 Å². The molecule has 27 heavy (non-hydrogen) atoms. The molecule has 0 spiro atoms. The first-order valence-electron chi connectivity index (χ1n) is 8.95. The zero-order chi connectivity index (χ0) is 19.6. The molecule has 2 aromatic carbocycles. The third-order valence-electron chi connectivity index (χ3n) is 4.79. The summed E-state index contributed by atoms with van der Waals surface area (Å²) in [5.74, 6) is 0.659. The van der Waals surface area contributed by atoms with Crippen LogP contribution in [0.5, 0.6) is 5.75 Å². The van der Waals surface area contributed by atoms with Crippen molar-refractivity contribution in [1.29, 1.82) is 0 Å². The van der Waals surface area contributed by atoms with Crippen molar-refractivity contribution in [2.45, 2.75) is 25.2 Å². The van der Waals surface area contributed by atoms with Crippen LogP contribution in [0.1, 0.15) is 20.3 Å². The van der Waals surface area contributed by atoms with Gasteiger partial charge in [0.1, 0.15) is 5.75 Å². The van der Waals surface area contributed by atoms with Gasteiger partial charge in [-0.2, -0.15) is 0 Å². The summed E-state index contributed by atoms with van der Waals surface area (Å²) in [6.07, 6.45) is 0.851. The van der Waals surface area contributed by atoms with Crippen molar-refractivity contribution in [3.8, 4) is 5.75 Å². The maximum absolute atomic E-state index is 13.2. The van der Waals surface area contributed by atoms with E-state index in [1.165, 1.54) is 23.5 Å². The second-order valence-electron chi connectivity index (χ2n) is 6.68. The van der Waals surface area contributed by atoms with Crippen LogP contribution in [0.3, 0.4) is 0 Å². The summed E-state index contributed by atoms with van der Waals surface area (Å²) < 4.78 is 33.0. The molecule has 144 valence electrons. The van der Waals surface area contributed by atoms with Crippen molar-refractivity contribution in [3.63, 3.8) is 0 Å². The van der Waals surface area contributed by atoms with Crippen molar-refractivity contribution in [1.82, 2.24) is 0 Å². The molecule has 0 bridgehead atoms. The number of hydrogen-bond acceptors (Lipinski definition) is 4. The minimum Gasteiger partial charge on any atom is -0.495 e. The minimum atomic E-state index is -3.78. The molecule has 1 aliphatic rings. The molecule has 6 nitrogen and oxygen atoms in total. The number of rotatable bonds is 7. The Morgan fingerprint density at radius 1 is 1.22 bits per heavy atom. The van der Waals surface area contributed by atoms with E-state index in [2.05, 4.69) is 5.32 Å². The molecule has 0 aliphatic heterocycles. The molecule has 1 amide bonds. The molecule has 0 heterocycles. The molecule has 3 rings (SSSR count). The minimum absolute atomic E-state index is 0.0218. The molecule has 1 aliphatic carbocycles. The Labute approximate surface area is 160 Å². The molecule has 2 atom stereocenters. The first-order chi connectivity index (χ1) is 12.9. The number of ether oxygens (including phenoxy) is 1. The monoisotopic (exact) mass is 388 g/mol. The quantitative estimate of drug-likeness (QED) is 0.788. The highest BCUT2D eigenvalue weighted by Gasteiger charge is 2.39. The van der Waals surface area contributed by atoms with Crippen molar-refractivity contribution >= 4 is 27.3 Å². The molecular weight excluding hydrogens is 364 g/mol. The lowest BCUT2D eigenvalue weighted by Crippen LogP contribution is -2.30. The predicted octanol–water partition coefficient (Wildman–Crippen LogP) is 3.50. The second kappa shape index (κ2) is 7.60. The van der Waals surface area contributed by atoms with Crippen LogP contribution in [0.25, 0.3) is 0 Å². The zero-order valence-corrected chi connectivity index (χ0v) is 16.5. The highest BCUT2D eigenvalue weighted by molar-refractivity contribution is 7.92. The standard InChI is InChI=1S/C20H24N2O4S/c1-4-22(15-8-6-5-7-9-15)27(24,25)16-10-11-19(26-3)18(13-16)21-20(23)17-12-14(17)2/h5-11,13-14,17H,4,12H2,1-3H3,(H,21,23)/t14-,17+/m0/s1. The predicted molar refractivity (Wildman–Crippen MR) is 106 cm³/mol. The number of para-hydroxylation sites is 1. The van der Waals surface area contributed by atoms with Crippen LogP contribution >= 0.6 is 0 Å². The number of carbonyl (C=O) groups is 1. The van der Waals surface area contributed by atoms with E-state index >= 15 is 0 Å². The van der Waals surface area contributed by atoms with E-state index in [0.29, 0.717) is 29.6 Å². The Bertz CT molecular complexity index is 928. The van der Waals surface area contributed by atoms with Crippen molar-refractivity contribution in [2.24, 2.45) is 11.8 Å². The number of hydrogen-bond donors (Lipinski definition) is 1. The summed E-state index contributed by atoms with van der Waals surface area (Å²) in [5, 5.41) is 2.82. The number of sulfonamides is 1. The van der Waals surface area contributed by atoms with Gasteiger partial charge in [0.15, 0.2) is 0 Å². The third kappa shape index (κ3) is 3.93. The topological polar surface area (TPSA) is 75.7 Å². The second-order valence-corrected chi connectivity index (χ2v) is 8.54. The van der Waals surface area contributed by atoms with Gasteiger partial charge in [0.2, 0.25) is 5.91 Å². The first kappa shape index (κ1) is 19.2. The van der Waals surface area contributed by atoms with Crippen molar-refractivity contribution in [2.75, 3.05) is 23.3 Å². The molecule has 0 saturated heterocycles.